The van der Waals surface area contributed by atoms with Crippen LogP contribution >= 0.6 is 11.6 Å². The Labute approximate surface area is 176 Å². The minimum absolute atomic E-state index is 0.181. The van der Waals surface area contributed by atoms with Crippen molar-refractivity contribution in [3.8, 4) is 11.3 Å². The van der Waals surface area contributed by atoms with Crippen LogP contribution in [-0.2, 0) is 4.79 Å². The number of likely N-dealkylation sites (N-methyl/N-ethyl adjacent to an activating group) is 2. The molecule has 0 saturated heterocycles. The molecule has 1 amide bonds. The van der Waals surface area contributed by atoms with Crippen molar-refractivity contribution >= 4 is 34.4 Å². The first-order valence-electron chi connectivity index (χ1n) is 9.98. The van der Waals surface area contributed by atoms with Gasteiger partial charge < -0.3 is 14.8 Å². The highest BCUT2D eigenvalue weighted by molar-refractivity contribution is 6.31. The molecule has 3 heterocycles. The van der Waals surface area contributed by atoms with Crippen molar-refractivity contribution in [2.45, 2.75) is 27.2 Å². The van der Waals surface area contributed by atoms with Crippen LogP contribution in [0.15, 0.2) is 36.7 Å². The van der Waals surface area contributed by atoms with Crippen LogP contribution in [0.25, 0.3) is 22.3 Å². The van der Waals surface area contributed by atoms with Crippen molar-refractivity contribution in [3.63, 3.8) is 0 Å². The fraction of sp³-hybridized carbons (Fsp3) is 0.409. The fourth-order valence-electron chi connectivity index (χ4n) is 3.27. The van der Waals surface area contributed by atoms with E-state index in [2.05, 4.69) is 35.6 Å². The third-order valence-corrected chi connectivity index (χ3v) is 5.13. The zero-order chi connectivity index (χ0) is 21.0. The van der Waals surface area contributed by atoms with Crippen LogP contribution in [-0.4, -0.2) is 52.4 Å². The largest absolute Gasteiger partial charge is 0.355 e. The van der Waals surface area contributed by atoms with Gasteiger partial charge in [0.25, 0.3) is 0 Å². The zero-order valence-corrected chi connectivity index (χ0v) is 18.2. The number of nitrogens with one attached hydrogen (secondary N) is 1. The Bertz CT molecular complexity index is 984. The molecule has 0 saturated carbocycles. The molecule has 6 nitrogen and oxygen atoms in total. The number of anilines is 1. The maximum absolute atomic E-state index is 12.2. The molecule has 0 unspecified atom stereocenters. The maximum atomic E-state index is 12.2. The van der Waals surface area contributed by atoms with Crippen molar-refractivity contribution in [3.05, 3.63) is 41.7 Å². The van der Waals surface area contributed by atoms with E-state index in [-0.39, 0.29) is 5.91 Å². The number of hydrogen-bond acceptors (Lipinski definition) is 4. The third-order valence-electron chi connectivity index (χ3n) is 4.93. The first-order chi connectivity index (χ1) is 13.9. The molecule has 7 heteroatoms. The van der Waals surface area contributed by atoms with E-state index in [4.69, 9.17) is 16.6 Å². The molecular formula is C22H28ClN5O. The van der Waals surface area contributed by atoms with E-state index in [9.17, 15) is 4.79 Å². The molecule has 0 aliphatic rings. The average molecular weight is 414 g/mol. The van der Waals surface area contributed by atoms with Gasteiger partial charge in [0.1, 0.15) is 11.5 Å². The summed E-state index contributed by atoms with van der Waals surface area (Å²) < 4.78 is 0. The average Bonchev–Trinajstić information content (AvgIpc) is 3.11. The number of carbonyl (C=O) groups is 1. The number of aromatic nitrogens is 3. The van der Waals surface area contributed by atoms with Crippen LogP contribution in [0.4, 0.5) is 5.82 Å². The second-order valence-electron chi connectivity index (χ2n) is 7.63. The topological polar surface area (TPSA) is 65.1 Å². The minimum atomic E-state index is 0.181. The van der Waals surface area contributed by atoms with E-state index in [0.29, 0.717) is 23.9 Å². The van der Waals surface area contributed by atoms with E-state index < -0.39 is 0 Å². The predicted molar refractivity (Wildman–Crippen MR) is 119 cm³/mol. The van der Waals surface area contributed by atoms with E-state index in [1.807, 2.05) is 37.5 Å². The smallest absolute Gasteiger partial charge is 0.222 e. The monoisotopic (exact) mass is 413 g/mol. The van der Waals surface area contributed by atoms with Gasteiger partial charge in [-0.05, 0) is 31.0 Å². The number of amides is 1. The molecule has 154 valence electrons. The van der Waals surface area contributed by atoms with Crippen LogP contribution in [0.2, 0.25) is 5.02 Å². The van der Waals surface area contributed by atoms with Gasteiger partial charge in [-0.2, -0.15) is 0 Å². The number of hydrogen-bond donors (Lipinski definition) is 1. The summed E-state index contributed by atoms with van der Waals surface area (Å²) >= 11 is 6.13. The lowest BCUT2D eigenvalue weighted by atomic mass is 10.1. The van der Waals surface area contributed by atoms with E-state index in [1.54, 1.807) is 11.1 Å². The lowest BCUT2D eigenvalue weighted by Crippen LogP contribution is -2.37. The van der Waals surface area contributed by atoms with Crippen molar-refractivity contribution in [2.24, 2.45) is 5.92 Å². The van der Waals surface area contributed by atoms with E-state index in [0.717, 1.165) is 41.2 Å². The molecule has 1 N–H and O–H groups in total. The molecule has 0 atom stereocenters. The van der Waals surface area contributed by atoms with Crippen LogP contribution in [0.1, 0.15) is 27.2 Å². The molecular weight excluding hydrogens is 386 g/mol. The summed E-state index contributed by atoms with van der Waals surface area (Å²) in [5, 5.41) is 1.54. The Hall–Kier alpha value is -2.60. The Morgan fingerprint density at radius 3 is 2.79 bits per heavy atom. The normalized spacial score (nSPS) is 11.2. The number of fused-ring (bicyclic) bond motifs is 1. The van der Waals surface area contributed by atoms with Crippen molar-refractivity contribution < 1.29 is 4.79 Å². The SMILES string of the molecule is CCN(CCN(C)C(=O)CC(C)C)c1cccc(-c2c[nH]c3ncc(Cl)cc23)n1. The van der Waals surface area contributed by atoms with Crippen molar-refractivity contribution in [1.82, 2.24) is 19.9 Å². The van der Waals surface area contributed by atoms with Gasteiger partial charge in [0.05, 0.1) is 10.7 Å². The second kappa shape index (κ2) is 9.27. The Kier molecular flexibility index (Phi) is 6.75. The number of aromatic amines is 1. The first-order valence-corrected chi connectivity index (χ1v) is 10.4. The quantitative estimate of drug-likeness (QED) is 0.585. The Balaban J connectivity index is 1.78. The number of H-pyrrole nitrogens is 1. The van der Waals surface area contributed by atoms with Crippen LogP contribution in [0.5, 0.6) is 0 Å². The molecule has 0 radical (unpaired) electrons. The van der Waals surface area contributed by atoms with Crippen molar-refractivity contribution in [2.75, 3.05) is 31.6 Å². The van der Waals surface area contributed by atoms with Crippen LogP contribution in [0, 0.1) is 5.92 Å². The van der Waals surface area contributed by atoms with Gasteiger partial charge in [0.15, 0.2) is 0 Å². The Morgan fingerprint density at radius 2 is 2.07 bits per heavy atom. The summed E-state index contributed by atoms with van der Waals surface area (Å²) in [7, 11) is 1.87. The summed E-state index contributed by atoms with van der Waals surface area (Å²) in [6, 6.07) is 7.89. The zero-order valence-electron chi connectivity index (χ0n) is 17.4. The molecule has 0 aliphatic heterocycles. The molecule has 0 spiro atoms. The summed E-state index contributed by atoms with van der Waals surface area (Å²) in [4.78, 5) is 28.6. The first kappa shape index (κ1) is 21.1. The summed E-state index contributed by atoms with van der Waals surface area (Å²) in [6.45, 7) is 8.43. The van der Waals surface area contributed by atoms with Crippen LogP contribution < -0.4 is 4.90 Å². The summed E-state index contributed by atoms with van der Waals surface area (Å²) in [5.41, 5.74) is 2.62. The molecule has 29 heavy (non-hydrogen) atoms. The number of nitrogens with zero attached hydrogens (tertiary/aromatic N) is 4. The van der Waals surface area contributed by atoms with Gasteiger partial charge >= 0.3 is 0 Å². The van der Waals surface area contributed by atoms with Gasteiger partial charge in [-0.25, -0.2) is 9.97 Å². The maximum Gasteiger partial charge on any atom is 0.222 e. The highest BCUT2D eigenvalue weighted by atomic mass is 35.5. The molecule has 0 bridgehead atoms. The van der Waals surface area contributed by atoms with Crippen LogP contribution in [0.3, 0.4) is 0 Å². The lowest BCUT2D eigenvalue weighted by Gasteiger charge is -2.26. The highest BCUT2D eigenvalue weighted by Gasteiger charge is 2.15. The molecule has 0 aliphatic carbocycles. The highest BCUT2D eigenvalue weighted by Crippen LogP contribution is 2.29. The summed E-state index contributed by atoms with van der Waals surface area (Å²) in [6.07, 6.45) is 4.12. The Morgan fingerprint density at radius 1 is 1.28 bits per heavy atom. The molecule has 3 rings (SSSR count). The number of rotatable bonds is 8. The van der Waals surface area contributed by atoms with Gasteiger partial charge in [-0.3, -0.25) is 4.79 Å². The summed E-state index contributed by atoms with van der Waals surface area (Å²) in [5.74, 6) is 1.43. The number of pyridine rings is 2. The van der Waals surface area contributed by atoms with E-state index >= 15 is 0 Å². The lowest BCUT2D eigenvalue weighted by molar-refractivity contribution is -0.130. The van der Waals surface area contributed by atoms with Gasteiger partial charge in [-0.15, -0.1) is 0 Å². The molecule has 3 aromatic heterocycles. The van der Waals surface area contributed by atoms with Gasteiger partial charge in [0, 0.05) is 56.4 Å². The van der Waals surface area contributed by atoms with Gasteiger partial charge in [-0.1, -0.05) is 31.5 Å². The number of halogens is 1. The molecule has 3 aromatic rings. The van der Waals surface area contributed by atoms with Crippen molar-refractivity contribution in [1.29, 1.82) is 0 Å². The molecule has 0 fully saturated rings. The predicted octanol–water partition coefficient (Wildman–Crippen LogP) is 4.61. The third kappa shape index (κ3) is 5.07. The molecule has 0 aromatic carbocycles. The van der Waals surface area contributed by atoms with Gasteiger partial charge in [0.2, 0.25) is 5.91 Å². The standard InChI is InChI=1S/C22H28ClN5O/c1-5-28(10-9-27(4)21(29)11-15(2)3)20-8-6-7-19(26-20)18-14-25-22-17(18)12-16(23)13-24-22/h6-8,12-15H,5,9-11H2,1-4H3,(H,24,25). The fourth-order valence-corrected chi connectivity index (χ4v) is 3.43. The van der Waals surface area contributed by atoms with E-state index in [1.165, 1.54) is 0 Å². The minimum Gasteiger partial charge on any atom is -0.355 e. The number of carbonyl (C=O) groups excluding carboxylic acids is 1. The second-order valence-corrected chi connectivity index (χ2v) is 8.06.